The van der Waals surface area contributed by atoms with E-state index in [1.54, 1.807) is 4.31 Å². The first kappa shape index (κ1) is 16.2. The lowest BCUT2D eigenvalue weighted by molar-refractivity contribution is -0.0601. The van der Waals surface area contributed by atoms with Crippen LogP contribution in [0, 0.1) is 16.7 Å². The van der Waals surface area contributed by atoms with Crippen LogP contribution in [-0.2, 0) is 10.2 Å². The molecule has 0 spiro atoms. The van der Waals surface area contributed by atoms with Gasteiger partial charge in [0.2, 0.25) is 0 Å². The maximum atomic E-state index is 12.6. The van der Waals surface area contributed by atoms with Gasteiger partial charge in [-0.25, -0.2) is 0 Å². The van der Waals surface area contributed by atoms with Crippen molar-refractivity contribution in [1.82, 2.24) is 9.03 Å². The molecule has 0 bridgehead atoms. The van der Waals surface area contributed by atoms with Crippen molar-refractivity contribution in [1.29, 1.82) is 0 Å². The Bertz CT molecular complexity index is 449. The fraction of sp³-hybridized carbons (Fsp3) is 1.00. The van der Waals surface area contributed by atoms with Gasteiger partial charge in [0.15, 0.2) is 0 Å². The average Bonchev–Trinajstić information content (AvgIpc) is 2.35. The Labute approximate surface area is 123 Å². The zero-order chi connectivity index (χ0) is 15.3. The van der Waals surface area contributed by atoms with Gasteiger partial charge in [0.25, 0.3) is 10.2 Å². The molecule has 6 heteroatoms. The average molecular weight is 303 g/mol. The quantitative estimate of drug-likeness (QED) is 0.825. The summed E-state index contributed by atoms with van der Waals surface area (Å²) >= 11 is 0. The zero-order valence-corrected chi connectivity index (χ0v) is 14.1. The van der Waals surface area contributed by atoms with Gasteiger partial charge in [-0.3, -0.25) is 0 Å². The Kier molecular flexibility index (Phi) is 4.00. The summed E-state index contributed by atoms with van der Waals surface area (Å²) in [6.45, 7) is 11.6. The lowest BCUT2D eigenvalue weighted by Gasteiger charge is -2.62. The van der Waals surface area contributed by atoms with Crippen molar-refractivity contribution in [3.63, 3.8) is 0 Å². The number of nitrogens with two attached hydrogens (primary N) is 1. The highest BCUT2D eigenvalue weighted by Gasteiger charge is 2.61. The molecule has 1 heterocycles. The lowest BCUT2D eigenvalue weighted by atomic mass is 9.49. The summed E-state index contributed by atoms with van der Waals surface area (Å²) in [7, 11) is -3.40. The van der Waals surface area contributed by atoms with Crippen LogP contribution in [0.25, 0.3) is 0 Å². The molecule has 0 atom stereocenters. The fourth-order valence-corrected chi connectivity index (χ4v) is 5.68. The molecule has 20 heavy (non-hydrogen) atoms. The molecular formula is C14H29N3O2S. The first-order valence-corrected chi connectivity index (χ1v) is 8.96. The van der Waals surface area contributed by atoms with Crippen LogP contribution in [0.5, 0.6) is 0 Å². The van der Waals surface area contributed by atoms with E-state index in [4.69, 9.17) is 5.73 Å². The third kappa shape index (κ3) is 2.51. The molecule has 1 saturated heterocycles. The Morgan fingerprint density at radius 3 is 2.00 bits per heavy atom. The van der Waals surface area contributed by atoms with E-state index in [0.29, 0.717) is 19.0 Å². The van der Waals surface area contributed by atoms with Crippen LogP contribution in [0.15, 0.2) is 0 Å². The van der Waals surface area contributed by atoms with E-state index in [-0.39, 0.29) is 22.9 Å². The number of hydrogen-bond acceptors (Lipinski definition) is 3. The SMILES string of the molecule is CC1CCN(S(=O)(=O)NC2C(C)(C)C(N)C2(C)C)CC1. The molecule has 2 aliphatic rings. The molecule has 118 valence electrons. The molecule has 2 rings (SSSR count). The molecule has 0 amide bonds. The lowest BCUT2D eigenvalue weighted by Crippen LogP contribution is -2.76. The summed E-state index contributed by atoms with van der Waals surface area (Å²) in [5, 5.41) is 0. The number of piperidine rings is 1. The van der Waals surface area contributed by atoms with Crippen LogP contribution >= 0.6 is 0 Å². The van der Waals surface area contributed by atoms with Crippen molar-refractivity contribution >= 4 is 10.2 Å². The van der Waals surface area contributed by atoms with Crippen LogP contribution in [-0.4, -0.2) is 37.9 Å². The van der Waals surface area contributed by atoms with Crippen LogP contribution in [0.2, 0.25) is 0 Å². The smallest absolute Gasteiger partial charge is 0.279 e. The molecule has 3 N–H and O–H groups in total. The number of nitrogens with zero attached hydrogens (tertiary/aromatic N) is 1. The predicted molar refractivity (Wildman–Crippen MR) is 81.4 cm³/mol. The maximum Gasteiger partial charge on any atom is 0.279 e. The summed E-state index contributed by atoms with van der Waals surface area (Å²) in [5.41, 5.74) is 5.77. The van der Waals surface area contributed by atoms with Crippen molar-refractivity contribution in [3.8, 4) is 0 Å². The van der Waals surface area contributed by atoms with Crippen molar-refractivity contribution in [2.24, 2.45) is 22.5 Å². The van der Waals surface area contributed by atoms with E-state index in [1.807, 2.05) is 27.7 Å². The normalized spacial score (nSPS) is 34.7. The molecule has 0 aromatic carbocycles. The highest BCUT2D eigenvalue weighted by molar-refractivity contribution is 7.87. The Morgan fingerprint density at radius 2 is 1.55 bits per heavy atom. The summed E-state index contributed by atoms with van der Waals surface area (Å²) in [6.07, 6.45) is 1.88. The molecular weight excluding hydrogens is 274 g/mol. The summed E-state index contributed by atoms with van der Waals surface area (Å²) in [5.74, 6) is 0.617. The second-order valence-corrected chi connectivity index (χ2v) is 9.46. The summed E-state index contributed by atoms with van der Waals surface area (Å²) in [4.78, 5) is 0. The van der Waals surface area contributed by atoms with Gasteiger partial charge >= 0.3 is 0 Å². The van der Waals surface area contributed by atoms with E-state index < -0.39 is 10.2 Å². The van der Waals surface area contributed by atoms with E-state index in [9.17, 15) is 8.42 Å². The number of nitrogens with one attached hydrogen (secondary N) is 1. The molecule has 2 fully saturated rings. The van der Waals surface area contributed by atoms with Gasteiger partial charge in [-0.1, -0.05) is 34.6 Å². The van der Waals surface area contributed by atoms with Crippen molar-refractivity contribution in [2.45, 2.75) is 59.5 Å². The van der Waals surface area contributed by atoms with Gasteiger partial charge in [0, 0.05) is 25.2 Å². The van der Waals surface area contributed by atoms with Gasteiger partial charge in [0.1, 0.15) is 0 Å². The molecule has 1 saturated carbocycles. The number of hydrogen-bond donors (Lipinski definition) is 2. The first-order chi connectivity index (χ1) is 8.99. The van der Waals surface area contributed by atoms with E-state index in [2.05, 4.69) is 11.6 Å². The van der Waals surface area contributed by atoms with Crippen molar-refractivity contribution < 1.29 is 8.42 Å². The summed E-state index contributed by atoms with van der Waals surface area (Å²) in [6, 6.07) is -0.113. The standard InChI is InChI=1S/C14H29N3O2S/c1-10-6-8-17(9-7-10)20(18,19)16-12-13(2,3)11(15)14(12,4)5/h10-12,16H,6-9,15H2,1-5H3. The zero-order valence-electron chi connectivity index (χ0n) is 13.3. The van der Waals surface area contributed by atoms with Crippen LogP contribution in [0.1, 0.15) is 47.5 Å². The van der Waals surface area contributed by atoms with E-state index in [0.717, 1.165) is 12.8 Å². The molecule has 0 aromatic heterocycles. The van der Waals surface area contributed by atoms with Crippen molar-refractivity contribution in [2.75, 3.05) is 13.1 Å². The minimum absolute atomic E-state index is 0.00378. The second kappa shape index (κ2) is 4.93. The molecule has 0 unspecified atom stereocenters. The molecule has 0 radical (unpaired) electrons. The van der Waals surface area contributed by atoms with Crippen LogP contribution in [0.4, 0.5) is 0 Å². The van der Waals surface area contributed by atoms with Gasteiger partial charge in [-0.2, -0.15) is 17.4 Å². The van der Waals surface area contributed by atoms with Crippen LogP contribution in [0.3, 0.4) is 0 Å². The Hall–Kier alpha value is -0.170. The predicted octanol–water partition coefficient (Wildman–Crippen LogP) is 1.31. The fourth-order valence-electron chi connectivity index (χ4n) is 3.93. The van der Waals surface area contributed by atoms with Gasteiger partial charge in [0.05, 0.1) is 0 Å². The Morgan fingerprint density at radius 1 is 1.10 bits per heavy atom. The van der Waals surface area contributed by atoms with E-state index in [1.165, 1.54) is 0 Å². The van der Waals surface area contributed by atoms with Crippen molar-refractivity contribution in [3.05, 3.63) is 0 Å². The third-order valence-corrected chi connectivity index (χ3v) is 7.02. The second-order valence-electron chi connectivity index (χ2n) is 7.76. The third-order valence-electron chi connectivity index (χ3n) is 5.44. The van der Waals surface area contributed by atoms with Gasteiger partial charge in [-0.15, -0.1) is 0 Å². The molecule has 5 nitrogen and oxygen atoms in total. The maximum absolute atomic E-state index is 12.6. The van der Waals surface area contributed by atoms with E-state index >= 15 is 0 Å². The highest BCUT2D eigenvalue weighted by Crippen LogP contribution is 2.52. The first-order valence-electron chi connectivity index (χ1n) is 7.52. The molecule has 0 aromatic rings. The minimum Gasteiger partial charge on any atom is -0.327 e. The summed E-state index contributed by atoms with van der Waals surface area (Å²) < 4.78 is 29.6. The minimum atomic E-state index is -3.40. The van der Waals surface area contributed by atoms with Gasteiger partial charge in [-0.05, 0) is 29.6 Å². The Balaban J connectivity index is 2.09. The molecule has 1 aliphatic heterocycles. The van der Waals surface area contributed by atoms with Gasteiger partial charge < -0.3 is 5.73 Å². The monoisotopic (exact) mass is 303 g/mol. The molecule has 1 aliphatic carbocycles. The van der Waals surface area contributed by atoms with Crippen LogP contribution < -0.4 is 10.5 Å². The topological polar surface area (TPSA) is 75.4 Å². The highest BCUT2D eigenvalue weighted by atomic mass is 32.2. The largest absolute Gasteiger partial charge is 0.327 e. The number of rotatable bonds is 3.